The molecule has 4 aliphatic rings. The highest BCUT2D eigenvalue weighted by Gasteiger charge is 2.39. The molecule has 6 atom stereocenters. The summed E-state index contributed by atoms with van der Waals surface area (Å²) < 4.78 is 0. The number of likely N-dealkylation sites (tertiary alicyclic amines) is 2. The Morgan fingerprint density at radius 1 is 0.720 bits per heavy atom. The van der Waals surface area contributed by atoms with Crippen molar-refractivity contribution in [2.45, 2.75) is 90.6 Å². The Hall–Kier alpha value is -0.0800. The maximum Gasteiger partial charge on any atom is 0.00698 e. The summed E-state index contributed by atoms with van der Waals surface area (Å²) in [5, 5.41) is 0. The Morgan fingerprint density at radius 2 is 1.40 bits per heavy atom. The third-order valence-corrected chi connectivity index (χ3v) is 8.54. The van der Waals surface area contributed by atoms with Gasteiger partial charge in [0.15, 0.2) is 0 Å². The summed E-state index contributed by atoms with van der Waals surface area (Å²) in [4.78, 5) is 5.63. The average molecular weight is 347 g/mol. The van der Waals surface area contributed by atoms with Gasteiger partial charge in [0.25, 0.3) is 0 Å². The summed E-state index contributed by atoms with van der Waals surface area (Å²) >= 11 is 0. The minimum Gasteiger partial charge on any atom is -0.301 e. The molecule has 25 heavy (non-hydrogen) atoms. The smallest absolute Gasteiger partial charge is 0.00698 e. The molecule has 4 rings (SSSR count). The number of hydrogen-bond donors (Lipinski definition) is 0. The molecule has 2 saturated heterocycles. The molecular weight excluding hydrogens is 304 g/mol. The zero-order valence-corrected chi connectivity index (χ0v) is 17.1. The second-order valence-corrected chi connectivity index (χ2v) is 10.4. The topological polar surface area (TPSA) is 6.48 Å². The molecule has 0 radical (unpaired) electrons. The van der Waals surface area contributed by atoms with Crippen LogP contribution in [-0.2, 0) is 0 Å². The van der Waals surface area contributed by atoms with Crippen LogP contribution in [0.15, 0.2) is 0 Å². The minimum atomic E-state index is 0.744. The maximum absolute atomic E-state index is 2.88. The SMILES string of the molecule is CC(C)N1CCC2CCC(CC(C)N3CC4CCCCC4C3)CC2C1. The Balaban J connectivity index is 1.28. The summed E-state index contributed by atoms with van der Waals surface area (Å²) in [5.74, 6) is 5.15. The zero-order chi connectivity index (χ0) is 17.4. The monoisotopic (exact) mass is 346 g/mol. The fraction of sp³-hybridized carbons (Fsp3) is 1.00. The summed E-state index contributed by atoms with van der Waals surface area (Å²) in [5.41, 5.74) is 0. The first-order valence-corrected chi connectivity index (χ1v) is 11.6. The van der Waals surface area contributed by atoms with Crippen LogP contribution in [0.3, 0.4) is 0 Å². The van der Waals surface area contributed by atoms with E-state index in [1.807, 2.05) is 0 Å². The van der Waals surface area contributed by atoms with E-state index in [0.29, 0.717) is 0 Å². The van der Waals surface area contributed by atoms with Crippen LogP contribution in [0.1, 0.15) is 78.6 Å². The van der Waals surface area contributed by atoms with E-state index in [1.165, 1.54) is 84.0 Å². The van der Waals surface area contributed by atoms with Crippen molar-refractivity contribution in [1.82, 2.24) is 9.80 Å². The Morgan fingerprint density at radius 3 is 2.08 bits per heavy atom. The molecule has 6 unspecified atom stereocenters. The molecule has 0 aromatic heterocycles. The van der Waals surface area contributed by atoms with Crippen LogP contribution in [0.5, 0.6) is 0 Å². The molecule has 2 saturated carbocycles. The highest BCUT2D eigenvalue weighted by Crippen LogP contribution is 2.42. The number of hydrogen-bond acceptors (Lipinski definition) is 2. The number of fused-ring (bicyclic) bond motifs is 2. The van der Waals surface area contributed by atoms with Crippen molar-refractivity contribution in [3.8, 4) is 0 Å². The summed E-state index contributed by atoms with van der Waals surface area (Å²) in [6.07, 6.45) is 13.6. The normalized spacial score (nSPS) is 41.5. The predicted molar refractivity (Wildman–Crippen MR) is 107 cm³/mol. The highest BCUT2D eigenvalue weighted by molar-refractivity contribution is 4.92. The molecule has 0 aromatic carbocycles. The van der Waals surface area contributed by atoms with Crippen LogP contribution in [-0.4, -0.2) is 48.1 Å². The summed E-state index contributed by atoms with van der Waals surface area (Å²) in [6.45, 7) is 12.9. The molecule has 2 heterocycles. The first kappa shape index (κ1) is 18.3. The minimum absolute atomic E-state index is 0.744. The van der Waals surface area contributed by atoms with Crippen LogP contribution in [0.2, 0.25) is 0 Å². The lowest BCUT2D eigenvalue weighted by molar-refractivity contribution is 0.0410. The van der Waals surface area contributed by atoms with E-state index in [4.69, 9.17) is 0 Å². The lowest BCUT2D eigenvalue weighted by Gasteiger charge is -2.45. The fourth-order valence-electron chi connectivity index (χ4n) is 6.87. The molecule has 0 aromatic rings. The summed E-state index contributed by atoms with van der Waals surface area (Å²) in [6, 6.07) is 1.57. The molecule has 2 aliphatic heterocycles. The van der Waals surface area contributed by atoms with Gasteiger partial charge in [0, 0.05) is 31.7 Å². The van der Waals surface area contributed by atoms with Crippen molar-refractivity contribution in [3.63, 3.8) is 0 Å². The van der Waals surface area contributed by atoms with E-state index in [0.717, 1.165) is 41.7 Å². The molecule has 0 bridgehead atoms. The molecule has 2 heteroatoms. The summed E-state index contributed by atoms with van der Waals surface area (Å²) in [7, 11) is 0. The van der Waals surface area contributed by atoms with Gasteiger partial charge < -0.3 is 9.80 Å². The van der Waals surface area contributed by atoms with Crippen molar-refractivity contribution in [2.75, 3.05) is 26.2 Å². The zero-order valence-electron chi connectivity index (χ0n) is 17.1. The van der Waals surface area contributed by atoms with Crippen molar-refractivity contribution in [1.29, 1.82) is 0 Å². The standard InChI is InChI=1S/C23H42N2/c1-17(2)24-11-10-20-9-8-19(13-23(20)16-24)12-18(3)25-14-21-6-4-5-7-22(21)15-25/h17-23H,4-16H2,1-3H3. The molecule has 0 spiro atoms. The van der Waals surface area contributed by atoms with E-state index < -0.39 is 0 Å². The van der Waals surface area contributed by atoms with Crippen LogP contribution in [0, 0.1) is 29.6 Å². The molecular formula is C23H42N2. The van der Waals surface area contributed by atoms with Crippen molar-refractivity contribution in [2.24, 2.45) is 29.6 Å². The van der Waals surface area contributed by atoms with E-state index in [9.17, 15) is 0 Å². The largest absolute Gasteiger partial charge is 0.301 e. The second kappa shape index (κ2) is 7.89. The molecule has 0 amide bonds. The highest BCUT2D eigenvalue weighted by atomic mass is 15.2. The van der Waals surface area contributed by atoms with Crippen molar-refractivity contribution in [3.05, 3.63) is 0 Å². The van der Waals surface area contributed by atoms with Gasteiger partial charge in [0.05, 0.1) is 0 Å². The van der Waals surface area contributed by atoms with E-state index >= 15 is 0 Å². The van der Waals surface area contributed by atoms with Gasteiger partial charge in [-0.15, -0.1) is 0 Å². The number of piperidine rings is 1. The molecule has 2 nitrogen and oxygen atoms in total. The van der Waals surface area contributed by atoms with Gasteiger partial charge in [-0.25, -0.2) is 0 Å². The quantitative estimate of drug-likeness (QED) is 0.704. The second-order valence-electron chi connectivity index (χ2n) is 10.4. The van der Waals surface area contributed by atoms with Crippen molar-refractivity contribution < 1.29 is 0 Å². The van der Waals surface area contributed by atoms with Gasteiger partial charge in [0.1, 0.15) is 0 Å². The fourth-order valence-corrected chi connectivity index (χ4v) is 6.87. The lowest BCUT2D eigenvalue weighted by Crippen LogP contribution is -2.46. The van der Waals surface area contributed by atoms with Gasteiger partial charge in [0.2, 0.25) is 0 Å². The third kappa shape index (κ3) is 4.10. The number of rotatable bonds is 4. The Kier molecular flexibility index (Phi) is 5.77. The first-order chi connectivity index (χ1) is 12.1. The Bertz CT molecular complexity index is 420. The van der Waals surface area contributed by atoms with E-state index in [1.54, 1.807) is 0 Å². The average Bonchev–Trinajstić information content (AvgIpc) is 3.05. The third-order valence-electron chi connectivity index (χ3n) is 8.54. The number of nitrogens with zero attached hydrogens (tertiary/aromatic N) is 2. The van der Waals surface area contributed by atoms with Gasteiger partial charge in [-0.1, -0.05) is 19.3 Å². The van der Waals surface area contributed by atoms with Crippen LogP contribution in [0.4, 0.5) is 0 Å². The van der Waals surface area contributed by atoms with Crippen LogP contribution in [0.25, 0.3) is 0 Å². The van der Waals surface area contributed by atoms with Crippen LogP contribution < -0.4 is 0 Å². The van der Waals surface area contributed by atoms with E-state index in [-0.39, 0.29) is 0 Å². The lowest BCUT2D eigenvalue weighted by atomic mass is 9.69. The van der Waals surface area contributed by atoms with Gasteiger partial charge in [-0.05, 0) is 95.4 Å². The first-order valence-electron chi connectivity index (χ1n) is 11.6. The Labute approximate surface area is 156 Å². The molecule has 0 N–H and O–H groups in total. The van der Waals surface area contributed by atoms with Crippen molar-refractivity contribution >= 4 is 0 Å². The van der Waals surface area contributed by atoms with E-state index in [2.05, 4.69) is 30.6 Å². The molecule has 2 aliphatic carbocycles. The molecule has 144 valence electrons. The van der Waals surface area contributed by atoms with Gasteiger partial charge >= 0.3 is 0 Å². The van der Waals surface area contributed by atoms with Gasteiger partial charge in [-0.3, -0.25) is 0 Å². The molecule has 4 fully saturated rings. The predicted octanol–water partition coefficient (Wildman–Crippen LogP) is 5.03. The van der Waals surface area contributed by atoms with Crippen LogP contribution >= 0.6 is 0 Å². The van der Waals surface area contributed by atoms with Gasteiger partial charge in [-0.2, -0.15) is 0 Å². The maximum atomic E-state index is 2.88.